The average molecular weight is 207 g/mol. The minimum Gasteiger partial charge on any atom is -0.481 e. The fourth-order valence-electron chi connectivity index (χ4n) is 1.51. The predicted octanol–water partition coefficient (Wildman–Crippen LogP) is 3.46. The number of ether oxygens (including phenoxy) is 1. The van der Waals surface area contributed by atoms with E-state index in [4.69, 9.17) is 4.74 Å². The van der Waals surface area contributed by atoms with E-state index in [-0.39, 0.29) is 0 Å². The van der Waals surface area contributed by atoms with Crippen LogP contribution in [0.25, 0.3) is 0 Å². The maximum Gasteiger partial charge on any atom is 0.213 e. The second kappa shape index (κ2) is 5.15. The highest BCUT2D eigenvalue weighted by molar-refractivity contribution is 5.15. The molecule has 0 atom stereocenters. The monoisotopic (exact) mass is 207 g/mol. The van der Waals surface area contributed by atoms with E-state index in [0.29, 0.717) is 11.3 Å². The van der Waals surface area contributed by atoms with Crippen molar-refractivity contribution in [3.05, 3.63) is 23.9 Å². The highest BCUT2D eigenvalue weighted by Crippen LogP contribution is 2.21. The fraction of sp³-hybridized carbons (Fsp3) is 0.615. The molecule has 1 heterocycles. The van der Waals surface area contributed by atoms with Gasteiger partial charge in [-0.15, -0.1) is 0 Å². The molecule has 2 nitrogen and oxygen atoms in total. The maximum absolute atomic E-state index is 5.09. The summed E-state index contributed by atoms with van der Waals surface area (Å²) in [6, 6.07) is 5.94. The SMILES string of the molecule is COc1cccc(CCCC(C)(C)C)n1. The van der Waals surface area contributed by atoms with E-state index in [2.05, 4.69) is 31.8 Å². The van der Waals surface area contributed by atoms with Gasteiger partial charge in [-0.05, 0) is 30.7 Å². The molecule has 0 bridgehead atoms. The van der Waals surface area contributed by atoms with E-state index >= 15 is 0 Å². The van der Waals surface area contributed by atoms with Gasteiger partial charge in [-0.2, -0.15) is 0 Å². The molecule has 0 saturated heterocycles. The Hall–Kier alpha value is -1.05. The summed E-state index contributed by atoms with van der Waals surface area (Å²) in [6.07, 6.45) is 3.45. The summed E-state index contributed by atoms with van der Waals surface area (Å²) in [5.74, 6) is 0.711. The number of aromatic nitrogens is 1. The molecule has 0 aliphatic carbocycles. The second-order valence-electron chi connectivity index (χ2n) is 5.09. The van der Waals surface area contributed by atoms with Gasteiger partial charge in [-0.3, -0.25) is 0 Å². The van der Waals surface area contributed by atoms with Crippen LogP contribution in [0.1, 0.15) is 39.3 Å². The molecule has 0 fully saturated rings. The first-order chi connectivity index (χ1) is 7.01. The van der Waals surface area contributed by atoms with Crippen molar-refractivity contribution in [3.8, 4) is 5.88 Å². The lowest BCUT2D eigenvalue weighted by Crippen LogP contribution is -2.05. The predicted molar refractivity (Wildman–Crippen MR) is 63.2 cm³/mol. The van der Waals surface area contributed by atoms with Crippen molar-refractivity contribution in [1.29, 1.82) is 0 Å². The van der Waals surface area contributed by atoms with Crippen molar-refractivity contribution in [3.63, 3.8) is 0 Å². The van der Waals surface area contributed by atoms with Crippen molar-refractivity contribution in [1.82, 2.24) is 4.98 Å². The molecular weight excluding hydrogens is 186 g/mol. The highest BCUT2D eigenvalue weighted by atomic mass is 16.5. The first kappa shape index (κ1) is 12.0. The molecule has 0 saturated carbocycles. The number of hydrogen-bond acceptors (Lipinski definition) is 2. The number of nitrogens with zero attached hydrogens (tertiary/aromatic N) is 1. The standard InChI is InChI=1S/C13H21NO/c1-13(2,3)10-6-8-11-7-5-9-12(14-11)15-4/h5,7,9H,6,8,10H2,1-4H3. The van der Waals surface area contributed by atoms with E-state index in [0.717, 1.165) is 12.1 Å². The summed E-state index contributed by atoms with van der Waals surface area (Å²) in [7, 11) is 1.65. The first-order valence-corrected chi connectivity index (χ1v) is 5.51. The summed E-state index contributed by atoms with van der Waals surface area (Å²) >= 11 is 0. The van der Waals surface area contributed by atoms with Gasteiger partial charge in [-0.25, -0.2) is 4.98 Å². The van der Waals surface area contributed by atoms with Gasteiger partial charge in [0.05, 0.1) is 7.11 Å². The van der Waals surface area contributed by atoms with Gasteiger partial charge >= 0.3 is 0 Å². The first-order valence-electron chi connectivity index (χ1n) is 5.51. The number of aryl methyl sites for hydroxylation is 1. The van der Waals surface area contributed by atoms with Gasteiger partial charge in [0, 0.05) is 11.8 Å². The van der Waals surface area contributed by atoms with E-state index < -0.39 is 0 Å². The fourth-order valence-corrected chi connectivity index (χ4v) is 1.51. The third-order valence-corrected chi connectivity index (χ3v) is 2.35. The van der Waals surface area contributed by atoms with Gasteiger partial charge in [0.15, 0.2) is 0 Å². The smallest absolute Gasteiger partial charge is 0.213 e. The summed E-state index contributed by atoms with van der Waals surface area (Å²) in [5.41, 5.74) is 1.54. The van der Waals surface area contributed by atoms with E-state index in [1.54, 1.807) is 7.11 Å². The van der Waals surface area contributed by atoms with Crippen molar-refractivity contribution < 1.29 is 4.74 Å². The third-order valence-electron chi connectivity index (χ3n) is 2.35. The van der Waals surface area contributed by atoms with E-state index in [9.17, 15) is 0 Å². The molecule has 15 heavy (non-hydrogen) atoms. The van der Waals surface area contributed by atoms with Gasteiger partial charge in [0.2, 0.25) is 5.88 Å². The Morgan fingerprint density at radius 3 is 2.60 bits per heavy atom. The summed E-state index contributed by atoms with van der Waals surface area (Å²) < 4.78 is 5.09. The van der Waals surface area contributed by atoms with Crippen LogP contribution in [0.5, 0.6) is 5.88 Å². The zero-order chi connectivity index (χ0) is 11.3. The van der Waals surface area contributed by atoms with Crippen LogP contribution in [0, 0.1) is 5.41 Å². The van der Waals surface area contributed by atoms with Gasteiger partial charge in [0.25, 0.3) is 0 Å². The molecule has 0 unspecified atom stereocenters. The lowest BCUT2D eigenvalue weighted by Gasteiger charge is -2.17. The van der Waals surface area contributed by atoms with Crippen LogP contribution in [0.15, 0.2) is 18.2 Å². The minimum atomic E-state index is 0.416. The molecule has 0 aromatic carbocycles. The molecule has 0 spiro atoms. The molecule has 0 aliphatic heterocycles. The van der Waals surface area contributed by atoms with Crippen LogP contribution in [-0.2, 0) is 6.42 Å². The van der Waals surface area contributed by atoms with Gasteiger partial charge < -0.3 is 4.74 Å². The van der Waals surface area contributed by atoms with Crippen LogP contribution in [0.2, 0.25) is 0 Å². The Labute approximate surface area is 92.7 Å². The van der Waals surface area contributed by atoms with Crippen LogP contribution in [0.3, 0.4) is 0 Å². The lowest BCUT2D eigenvalue weighted by molar-refractivity contribution is 0.363. The zero-order valence-corrected chi connectivity index (χ0v) is 10.2. The summed E-state index contributed by atoms with van der Waals surface area (Å²) in [4.78, 5) is 4.39. The quantitative estimate of drug-likeness (QED) is 0.754. The Balaban J connectivity index is 2.44. The van der Waals surface area contributed by atoms with Crippen molar-refractivity contribution >= 4 is 0 Å². The number of hydrogen-bond donors (Lipinski definition) is 0. The molecule has 1 aromatic rings. The average Bonchev–Trinajstić information content (AvgIpc) is 2.16. The molecule has 0 N–H and O–H groups in total. The molecule has 2 heteroatoms. The Kier molecular flexibility index (Phi) is 4.13. The Morgan fingerprint density at radius 1 is 1.27 bits per heavy atom. The van der Waals surface area contributed by atoms with Crippen molar-refractivity contribution in [2.45, 2.75) is 40.0 Å². The summed E-state index contributed by atoms with van der Waals surface area (Å²) in [6.45, 7) is 6.81. The molecule has 0 radical (unpaired) electrons. The topological polar surface area (TPSA) is 22.1 Å². The third kappa shape index (κ3) is 4.82. The molecule has 1 aromatic heterocycles. The van der Waals surface area contributed by atoms with Gasteiger partial charge in [0.1, 0.15) is 0 Å². The van der Waals surface area contributed by atoms with Crippen molar-refractivity contribution in [2.24, 2.45) is 5.41 Å². The maximum atomic E-state index is 5.09. The number of methoxy groups -OCH3 is 1. The highest BCUT2D eigenvalue weighted by Gasteiger charge is 2.09. The zero-order valence-electron chi connectivity index (χ0n) is 10.2. The molecule has 1 rings (SSSR count). The second-order valence-corrected chi connectivity index (χ2v) is 5.09. The lowest BCUT2D eigenvalue weighted by atomic mass is 9.89. The van der Waals surface area contributed by atoms with E-state index in [1.807, 2.05) is 12.1 Å². The molecule has 0 aliphatic rings. The molecule has 0 amide bonds. The number of rotatable bonds is 4. The Bertz CT molecular complexity index is 302. The Morgan fingerprint density at radius 2 is 2.00 bits per heavy atom. The number of pyridine rings is 1. The normalized spacial score (nSPS) is 11.5. The molecule has 84 valence electrons. The van der Waals surface area contributed by atoms with E-state index in [1.165, 1.54) is 12.8 Å². The molecular formula is C13H21NO. The van der Waals surface area contributed by atoms with Gasteiger partial charge in [-0.1, -0.05) is 26.8 Å². The minimum absolute atomic E-state index is 0.416. The van der Waals surface area contributed by atoms with Crippen LogP contribution < -0.4 is 4.74 Å². The van der Waals surface area contributed by atoms with Crippen LogP contribution in [-0.4, -0.2) is 12.1 Å². The summed E-state index contributed by atoms with van der Waals surface area (Å²) in [5, 5.41) is 0. The van der Waals surface area contributed by atoms with Crippen LogP contribution in [0.4, 0.5) is 0 Å². The van der Waals surface area contributed by atoms with Crippen molar-refractivity contribution in [2.75, 3.05) is 7.11 Å². The van der Waals surface area contributed by atoms with Crippen LogP contribution >= 0.6 is 0 Å². The largest absolute Gasteiger partial charge is 0.481 e.